The predicted octanol–water partition coefficient (Wildman–Crippen LogP) is 1.69. The summed E-state index contributed by atoms with van der Waals surface area (Å²) in [5, 5.41) is 9.52. The Hall–Kier alpha value is -2.57. The Morgan fingerprint density at radius 3 is 2.60 bits per heavy atom. The van der Waals surface area contributed by atoms with Crippen LogP contribution in [0.5, 0.6) is 0 Å². The van der Waals surface area contributed by atoms with E-state index < -0.39 is 0 Å². The van der Waals surface area contributed by atoms with Gasteiger partial charge in [0.2, 0.25) is 11.8 Å². The van der Waals surface area contributed by atoms with E-state index in [1.807, 2.05) is 30.0 Å². The third-order valence-corrected chi connectivity index (χ3v) is 5.85. The van der Waals surface area contributed by atoms with Crippen LogP contribution >= 0.6 is 0 Å². The Morgan fingerprint density at radius 2 is 1.87 bits per heavy atom. The van der Waals surface area contributed by atoms with Crippen LogP contribution in [-0.4, -0.2) is 61.4 Å². The SMILES string of the molecule is CCNC(=NCC(=O)NCCc1ccccc1)NC1CCN(C(=O)C2CCCC2)C1. The normalized spacial score (nSPS) is 19.7. The van der Waals surface area contributed by atoms with Gasteiger partial charge in [0, 0.05) is 38.1 Å². The molecule has 2 aliphatic rings. The molecule has 1 aliphatic carbocycles. The van der Waals surface area contributed by atoms with Gasteiger partial charge in [-0.25, -0.2) is 4.99 Å². The van der Waals surface area contributed by atoms with Gasteiger partial charge in [-0.3, -0.25) is 9.59 Å². The molecule has 1 aromatic carbocycles. The second kappa shape index (κ2) is 11.6. The van der Waals surface area contributed by atoms with Crippen LogP contribution < -0.4 is 16.0 Å². The highest BCUT2D eigenvalue weighted by Crippen LogP contribution is 2.27. The molecule has 0 aromatic heterocycles. The molecule has 2 fully saturated rings. The molecular formula is C23H35N5O2. The van der Waals surface area contributed by atoms with Crippen LogP contribution in [0.15, 0.2) is 35.3 Å². The van der Waals surface area contributed by atoms with Crippen molar-refractivity contribution in [1.29, 1.82) is 0 Å². The van der Waals surface area contributed by atoms with Crippen LogP contribution in [0.2, 0.25) is 0 Å². The van der Waals surface area contributed by atoms with Crippen molar-refractivity contribution in [2.75, 3.05) is 32.7 Å². The van der Waals surface area contributed by atoms with E-state index in [2.05, 4.69) is 33.1 Å². The maximum Gasteiger partial charge on any atom is 0.241 e. The van der Waals surface area contributed by atoms with Crippen molar-refractivity contribution >= 4 is 17.8 Å². The molecule has 0 spiro atoms. The summed E-state index contributed by atoms with van der Waals surface area (Å²) in [4.78, 5) is 31.2. The maximum atomic E-state index is 12.6. The number of benzene rings is 1. The smallest absolute Gasteiger partial charge is 0.241 e. The average molecular weight is 414 g/mol. The Morgan fingerprint density at radius 1 is 1.10 bits per heavy atom. The second-order valence-corrected chi connectivity index (χ2v) is 8.18. The van der Waals surface area contributed by atoms with Crippen molar-refractivity contribution in [3.05, 3.63) is 35.9 Å². The van der Waals surface area contributed by atoms with E-state index >= 15 is 0 Å². The molecule has 3 N–H and O–H groups in total. The molecule has 0 radical (unpaired) electrons. The summed E-state index contributed by atoms with van der Waals surface area (Å²) in [6.45, 7) is 4.92. The monoisotopic (exact) mass is 413 g/mol. The van der Waals surface area contributed by atoms with Crippen LogP contribution in [0, 0.1) is 5.92 Å². The van der Waals surface area contributed by atoms with Crippen LogP contribution in [-0.2, 0) is 16.0 Å². The molecule has 1 aromatic rings. The Bertz CT molecular complexity index is 716. The first-order valence-electron chi connectivity index (χ1n) is 11.3. The first-order chi connectivity index (χ1) is 14.7. The summed E-state index contributed by atoms with van der Waals surface area (Å²) < 4.78 is 0. The minimum absolute atomic E-state index is 0.0849. The van der Waals surface area contributed by atoms with E-state index in [9.17, 15) is 9.59 Å². The molecule has 1 aliphatic heterocycles. The van der Waals surface area contributed by atoms with E-state index in [0.717, 1.165) is 38.8 Å². The van der Waals surface area contributed by atoms with Gasteiger partial charge in [-0.1, -0.05) is 43.2 Å². The van der Waals surface area contributed by atoms with Gasteiger partial charge in [0.25, 0.3) is 0 Å². The minimum Gasteiger partial charge on any atom is -0.357 e. The molecule has 1 unspecified atom stereocenters. The molecule has 3 rings (SSSR count). The van der Waals surface area contributed by atoms with E-state index in [-0.39, 0.29) is 24.4 Å². The van der Waals surface area contributed by atoms with Gasteiger partial charge in [0.15, 0.2) is 5.96 Å². The van der Waals surface area contributed by atoms with E-state index in [1.165, 1.54) is 18.4 Å². The third kappa shape index (κ3) is 6.75. The molecular weight excluding hydrogens is 378 g/mol. The summed E-state index contributed by atoms with van der Waals surface area (Å²) in [5.41, 5.74) is 1.20. The number of amides is 2. The first kappa shape index (κ1) is 22.1. The molecule has 30 heavy (non-hydrogen) atoms. The molecule has 164 valence electrons. The lowest BCUT2D eigenvalue weighted by Gasteiger charge is -2.21. The van der Waals surface area contributed by atoms with Gasteiger partial charge in [-0.05, 0) is 38.2 Å². The van der Waals surface area contributed by atoms with Crippen molar-refractivity contribution in [3.8, 4) is 0 Å². The molecule has 1 saturated carbocycles. The molecule has 2 amide bonds. The zero-order chi connectivity index (χ0) is 21.2. The van der Waals surface area contributed by atoms with Gasteiger partial charge in [-0.2, -0.15) is 0 Å². The van der Waals surface area contributed by atoms with Crippen LogP contribution in [0.1, 0.15) is 44.6 Å². The van der Waals surface area contributed by atoms with Gasteiger partial charge < -0.3 is 20.9 Å². The van der Waals surface area contributed by atoms with Crippen molar-refractivity contribution in [2.45, 2.75) is 51.5 Å². The number of nitrogens with zero attached hydrogens (tertiary/aromatic N) is 2. The molecule has 7 heteroatoms. The standard InChI is InChI=1S/C23H35N5O2/c1-2-24-23(26-16-21(29)25-14-12-18-8-4-3-5-9-18)27-20-13-15-28(17-20)22(30)19-10-6-7-11-19/h3-5,8-9,19-20H,2,6-7,10-17H2,1H3,(H,25,29)(H2,24,26,27). The lowest BCUT2D eigenvalue weighted by molar-refractivity contribution is -0.134. The van der Waals surface area contributed by atoms with Crippen molar-refractivity contribution < 1.29 is 9.59 Å². The lowest BCUT2D eigenvalue weighted by atomic mass is 10.1. The second-order valence-electron chi connectivity index (χ2n) is 8.18. The van der Waals surface area contributed by atoms with Crippen LogP contribution in [0.4, 0.5) is 0 Å². The highest BCUT2D eigenvalue weighted by Gasteiger charge is 2.32. The van der Waals surface area contributed by atoms with E-state index in [4.69, 9.17) is 0 Å². The number of aliphatic imine (C=N–C) groups is 1. The largest absolute Gasteiger partial charge is 0.357 e. The quantitative estimate of drug-likeness (QED) is 0.447. The van der Waals surface area contributed by atoms with E-state index in [1.54, 1.807) is 0 Å². The minimum atomic E-state index is -0.0902. The zero-order valence-corrected chi connectivity index (χ0v) is 18.0. The fraction of sp³-hybridized carbons (Fsp3) is 0.609. The highest BCUT2D eigenvalue weighted by molar-refractivity contribution is 5.85. The molecule has 1 saturated heterocycles. The fourth-order valence-corrected chi connectivity index (χ4v) is 4.22. The number of hydrogen-bond donors (Lipinski definition) is 3. The number of rotatable bonds is 8. The Labute approximate surface area is 179 Å². The summed E-state index contributed by atoms with van der Waals surface area (Å²) in [6, 6.07) is 10.3. The molecule has 0 bridgehead atoms. The highest BCUT2D eigenvalue weighted by atomic mass is 16.2. The summed E-state index contributed by atoms with van der Waals surface area (Å²) in [5.74, 6) is 1.09. The Balaban J connectivity index is 1.41. The molecule has 1 atom stereocenters. The van der Waals surface area contributed by atoms with Gasteiger partial charge >= 0.3 is 0 Å². The van der Waals surface area contributed by atoms with Crippen LogP contribution in [0.3, 0.4) is 0 Å². The number of nitrogens with one attached hydrogen (secondary N) is 3. The topological polar surface area (TPSA) is 85.8 Å². The number of likely N-dealkylation sites (tertiary alicyclic amines) is 1. The van der Waals surface area contributed by atoms with Gasteiger partial charge in [0.1, 0.15) is 6.54 Å². The first-order valence-corrected chi connectivity index (χ1v) is 11.3. The van der Waals surface area contributed by atoms with Crippen LogP contribution in [0.25, 0.3) is 0 Å². The molecule has 1 heterocycles. The number of carbonyl (C=O) groups excluding carboxylic acids is 2. The number of guanidine groups is 1. The average Bonchev–Trinajstić information content (AvgIpc) is 3.45. The fourth-order valence-electron chi connectivity index (χ4n) is 4.22. The maximum absolute atomic E-state index is 12.6. The summed E-state index contributed by atoms with van der Waals surface area (Å²) in [7, 11) is 0. The number of carbonyl (C=O) groups is 2. The van der Waals surface area contributed by atoms with Gasteiger partial charge in [-0.15, -0.1) is 0 Å². The Kier molecular flexibility index (Phi) is 8.53. The summed E-state index contributed by atoms with van der Waals surface area (Å²) in [6.07, 6.45) is 6.15. The van der Waals surface area contributed by atoms with Crippen molar-refractivity contribution in [2.24, 2.45) is 10.9 Å². The lowest BCUT2D eigenvalue weighted by Crippen LogP contribution is -2.46. The van der Waals surface area contributed by atoms with E-state index in [0.29, 0.717) is 25.0 Å². The molecule has 7 nitrogen and oxygen atoms in total. The zero-order valence-electron chi connectivity index (χ0n) is 18.0. The van der Waals surface area contributed by atoms with Gasteiger partial charge in [0.05, 0.1) is 0 Å². The summed E-state index contributed by atoms with van der Waals surface area (Å²) >= 11 is 0. The predicted molar refractivity (Wildman–Crippen MR) is 119 cm³/mol. The third-order valence-electron chi connectivity index (χ3n) is 5.85. The van der Waals surface area contributed by atoms with Crippen molar-refractivity contribution in [1.82, 2.24) is 20.9 Å². The number of hydrogen-bond acceptors (Lipinski definition) is 3. The van der Waals surface area contributed by atoms with Crippen molar-refractivity contribution in [3.63, 3.8) is 0 Å².